The molecule has 0 radical (unpaired) electrons. The molecule has 1 saturated heterocycles. The van der Waals surface area contributed by atoms with Gasteiger partial charge in [-0.25, -0.2) is 0 Å². The summed E-state index contributed by atoms with van der Waals surface area (Å²) in [4.78, 5) is 9.12. The summed E-state index contributed by atoms with van der Waals surface area (Å²) in [6.07, 6.45) is 2.99. The van der Waals surface area contributed by atoms with Gasteiger partial charge >= 0.3 is 0 Å². The van der Waals surface area contributed by atoms with Crippen molar-refractivity contribution in [1.82, 2.24) is 9.88 Å². The summed E-state index contributed by atoms with van der Waals surface area (Å²) in [7, 11) is 2.18. The fraction of sp³-hybridized carbons (Fsp3) is 0.400. The van der Waals surface area contributed by atoms with Crippen molar-refractivity contribution in [2.45, 2.75) is 6.42 Å². The van der Waals surface area contributed by atoms with Crippen LogP contribution in [0.25, 0.3) is 10.9 Å². The van der Waals surface area contributed by atoms with Crippen LogP contribution in [0.5, 0.6) is 0 Å². The number of aromatic nitrogens is 1. The normalized spacial score (nSPS) is 17.6. The monoisotopic (exact) mass is 256 g/mol. The number of rotatable bonds is 1. The van der Waals surface area contributed by atoms with Gasteiger partial charge in [-0.1, -0.05) is 0 Å². The Morgan fingerprint density at radius 1 is 1.11 bits per heavy atom. The van der Waals surface area contributed by atoms with E-state index in [1.54, 1.807) is 0 Å². The summed E-state index contributed by atoms with van der Waals surface area (Å²) in [6.45, 7) is 4.35. The third-order valence-electron chi connectivity index (χ3n) is 3.86. The molecular weight excluding hydrogens is 236 g/mol. The van der Waals surface area contributed by atoms with E-state index >= 15 is 0 Å². The van der Waals surface area contributed by atoms with Gasteiger partial charge in [0.2, 0.25) is 0 Å². The number of hydrogen-bond donors (Lipinski definition) is 1. The molecule has 1 aliphatic rings. The lowest BCUT2D eigenvalue weighted by Crippen LogP contribution is -2.29. The largest absolute Gasteiger partial charge is 0.396 e. The summed E-state index contributed by atoms with van der Waals surface area (Å²) in [6, 6.07) is 8.16. The van der Waals surface area contributed by atoms with E-state index < -0.39 is 0 Å². The van der Waals surface area contributed by atoms with Gasteiger partial charge in [0.25, 0.3) is 0 Å². The van der Waals surface area contributed by atoms with Crippen LogP contribution in [0, 0.1) is 0 Å². The molecule has 0 amide bonds. The Balaban J connectivity index is 1.98. The van der Waals surface area contributed by atoms with Crippen LogP contribution in [0.4, 0.5) is 11.4 Å². The number of benzene rings is 1. The van der Waals surface area contributed by atoms with E-state index in [4.69, 9.17) is 5.73 Å². The minimum Gasteiger partial charge on any atom is -0.396 e. The molecule has 0 atom stereocenters. The Kier molecular flexibility index (Phi) is 3.25. The van der Waals surface area contributed by atoms with Gasteiger partial charge in [0.1, 0.15) is 0 Å². The topological polar surface area (TPSA) is 45.4 Å². The Morgan fingerprint density at radius 3 is 2.89 bits per heavy atom. The van der Waals surface area contributed by atoms with Gasteiger partial charge in [0.15, 0.2) is 0 Å². The molecule has 1 fully saturated rings. The molecule has 4 nitrogen and oxygen atoms in total. The molecule has 0 unspecified atom stereocenters. The van der Waals surface area contributed by atoms with E-state index in [2.05, 4.69) is 34.0 Å². The van der Waals surface area contributed by atoms with Crippen molar-refractivity contribution in [2.75, 3.05) is 43.9 Å². The molecule has 19 heavy (non-hydrogen) atoms. The number of pyridine rings is 1. The molecule has 3 rings (SSSR count). The maximum atomic E-state index is 6.34. The summed E-state index contributed by atoms with van der Waals surface area (Å²) < 4.78 is 0. The van der Waals surface area contributed by atoms with Crippen LogP contribution >= 0.6 is 0 Å². The molecule has 0 bridgehead atoms. The summed E-state index contributed by atoms with van der Waals surface area (Å²) in [5.74, 6) is 0. The number of nitrogens with two attached hydrogens (primary N) is 1. The van der Waals surface area contributed by atoms with Gasteiger partial charge in [-0.05, 0) is 44.3 Å². The number of fused-ring (bicyclic) bond motifs is 1. The van der Waals surface area contributed by atoms with Gasteiger partial charge in [-0.2, -0.15) is 0 Å². The maximum absolute atomic E-state index is 6.34. The van der Waals surface area contributed by atoms with Crippen LogP contribution in [-0.4, -0.2) is 43.1 Å². The van der Waals surface area contributed by atoms with E-state index in [1.165, 1.54) is 6.42 Å². The first-order valence-corrected chi connectivity index (χ1v) is 6.82. The summed E-state index contributed by atoms with van der Waals surface area (Å²) >= 11 is 0. The Morgan fingerprint density at radius 2 is 2.00 bits per heavy atom. The minimum atomic E-state index is 0.857. The molecule has 1 aromatic carbocycles. The molecule has 1 aromatic heterocycles. The highest BCUT2D eigenvalue weighted by Crippen LogP contribution is 2.30. The minimum absolute atomic E-state index is 0.857. The first kappa shape index (κ1) is 12.2. The standard InChI is InChI=1S/C15H20N4/c1-18-8-3-9-19(11-10-18)14-6-5-13-12(15(14)16)4-2-7-17-13/h2,4-7H,3,8-11,16H2,1H3. The van der Waals surface area contributed by atoms with Gasteiger partial charge in [0.05, 0.1) is 16.9 Å². The van der Waals surface area contributed by atoms with Crippen LogP contribution < -0.4 is 10.6 Å². The second-order valence-electron chi connectivity index (χ2n) is 5.21. The van der Waals surface area contributed by atoms with Gasteiger partial charge in [-0.15, -0.1) is 0 Å². The number of hydrogen-bond acceptors (Lipinski definition) is 4. The first-order chi connectivity index (χ1) is 9.25. The summed E-state index contributed by atoms with van der Waals surface area (Å²) in [5, 5.41) is 1.05. The predicted octanol–water partition coefficient (Wildman–Crippen LogP) is 1.96. The number of anilines is 2. The van der Waals surface area contributed by atoms with Crippen molar-refractivity contribution in [3.05, 3.63) is 30.5 Å². The van der Waals surface area contributed by atoms with Crippen LogP contribution in [0.2, 0.25) is 0 Å². The maximum Gasteiger partial charge on any atom is 0.0724 e. The molecule has 100 valence electrons. The molecular formula is C15H20N4. The zero-order valence-corrected chi connectivity index (χ0v) is 11.3. The highest BCUT2D eigenvalue weighted by molar-refractivity contribution is 5.97. The Labute approximate surface area is 113 Å². The van der Waals surface area contributed by atoms with E-state index in [9.17, 15) is 0 Å². The van der Waals surface area contributed by atoms with Crippen LogP contribution in [0.3, 0.4) is 0 Å². The van der Waals surface area contributed by atoms with Crippen molar-refractivity contribution in [2.24, 2.45) is 0 Å². The average Bonchev–Trinajstić information content (AvgIpc) is 2.65. The molecule has 2 heterocycles. The smallest absolute Gasteiger partial charge is 0.0724 e. The van der Waals surface area contributed by atoms with Crippen LogP contribution in [-0.2, 0) is 0 Å². The third kappa shape index (κ3) is 2.36. The van der Waals surface area contributed by atoms with E-state index in [1.807, 2.05) is 18.3 Å². The highest BCUT2D eigenvalue weighted by Gasteiger charge is 2.15. The lowest BCUT2D eigenvalue weighted by atomic mass is 10.1. The zero-order valence-electron chi connectivity index (χ0n) is 11.3. The highest BCUT2D eigenvalue weighted by atomic mass is 15.2. The van der Waals surface area contributed by atoms with Gasteiger partial charge in [0, 0.05) is 31.2 Å². The molecule has 4 heteroatoms. The second-order valence-corrected chi connectivity index (χ2v) is 5.21. The fourth-order valence-corrected chi connectivity index (χ4v) is 2.73. The Hall–Kier alpha value is -1.81. The number of likely N-dealkylation sites (N-methyl/N-ethyl adjacent to an activating group) is 1. The average molecular weight is 256 g/mol. The number of nitrogen functional groups attached to an aromatic ring is 1. The Bertz CT molecular complexity index is 581. The van der Waals surface area contributed by atoms with Crippen molar-refractivity contribution in [3.63, 3.8) is 0 Å². The molecule has 0 saturated carbocycles. The van der Waals surface area contributed by atoms with E-state index in [-0.39, 0.29) is 0 Å². The second kappa shape index (κ2) is 5.05. The SMILES string of the molecule is CN1CCCN(c2ccc3ncccc3c2N)CC1. The van der Waals surface area contributed by atoms with Gasteiger partial charge < -0.3 is 15.5 Å². The van der Waals surface area contributed by atoms with E-state index in [0.717, 1.165) is 48.5 Å². The quantitative estimate of drug-likeness (QED) is 0.792. The van der Waals surface area contributed by atoms with Crippen molar-refractivity contribution in [1.29, 1.82) is 0 Å². The van der Waals surface area contributed by atoms with Crippen molar-refractivity contribution in [3.8, 4) is 0 Å². The molecule has 1 aliphatic heterocycles. The molecule has 0 aliphatic carbocycles. The molecule has 2 N–H and O–H groups in total. The van der Waals surface area contributed by atoms with Gasteiger partial charge in [-0.3, -0.25) is 4.98 Å². The predicted molar refractivity (Wildman–Crippen MR) is 80.5 cm³/mol. The van der Waals surface area contributed by atoms with Crippen molar-refractivity contribution < 1.29 is 0 Å². The lowest BCUT2D eigenvalue weighted by Gasteiger charge is -2.25. The van der Waals surface area contributed by atoms with Crippen LogP contribution in [0.1, 0.15) is 6.42 Å². The van der Waals surface area contributed by atoms with E-state index in [0.29, 0.717) is 0 Å². The first-order valence-electron chi connectivity index (χ1n) is 6.82. The fourth-order valence-electron chi connectivity index (χ4n) is 2.73. The van der Waals surface area contributed by atoms with Crippen LogP contribution in [0.15, 0.2) is 30.5 Å². The molecule has 0 spiro atoms. The summed E-state index contributed by atoms with van der Waals surface area (Å²) in [5.41, 5.74) is 9.31. The number of nitrogens with zero attached hydrogens (tertiary/aromatic N) is 3. The zero-order chi connectivity index (χ0) is 13.2. The molecule has 2 aromatic rings. The van der Waals surface area contributed by atoms with Crippen molar-refractivity contribution >= 4 is 22.3 Å². The third-order valence-corrected chi connectivity index (χ3v) is 3.86. The lowest BCUT2D eigenvalue weighted by molar-refractivity contribution is 0.360.